The van der Waals surface area contributed by atoms with Crippen LogP contribution in [0.15, 0.2) is 63.2 Å². The summed E-state index contributed by atoms with van der Waals surface area (Å²) < 4.78 is 54.2. The fraction of sp³-hybridized carbons (Fsp3) is 0.381. The number of sulfonamides is 1. The summed E-state index contributed by atoms with van der Waals surface area (Å²) in [6.07, 6.45) is 3.36. The van der Waals surface area contributed by atoms with E-state index in [2.05, 4.69) is 0 Å². The second-order valence-corrected chi connectivity index (χ2v) is 12.0. The maximum atomic E-state index is 13.4. The van der Waals surface area contributed by atoms with Crippen molar-refractivity contribution in [1.29, 1.82) is 0 Å². The predicted octanol–water partition coefficient (Wildman–Crippen LogP) is 3.70. The summed E-state index contributed by atoms with van der Waals surface area (Å²) in [7, 11) is -7.83. The van der Waals surface area contributed by atoms with Crippen molar-refractivity contribution in [3.8, 4) is 0 Å². The number of piperidine rings is 1. The molecule has 0 bridgehead atoms. The zero-order valence-corrected chi connectivity index (χ0v) is 18.6. The molecule has 9 heteroatoms. The van der Waals surface area contributed by atoms with Gasteiger partial charge in [-0.2, -0.15) is 4.31 Å². The Hall–Kier alpha value is -1.74. The van der Waals surface area contributed by atoms with E-state index in [1.807, 2.05) is 0 Å². The number of rotatable bonds is 4. The molecule has 160 valence electrons. The number of fused-ring (bicyclic) bond motifs is 1. The molecule has 2 atom stereocenters. The van der Waals surface area contributed by atoms with E-state index in [1.165, 1.54) is 52.8 Å². The number of carbonyl (C=O) groups is 1. The normalized spacial score (nSPS) is 23.2. The van der Waals surface area contributed by atoms with Gasteiger partial charge < -0.3 is 0 Å². The number of benzene rings is 2. The molecule has 1 saturated heterocycles. The van der Waals surface area contributed by atoms with Crippen molar-refractivity contribution in [2.24, 2.45) is 5.92 Å². The lowest BCUT2D eigenvalue weighted by Crippen LogP contribution is -2.53. The summed E-state index contributed by atoms with van der Waals surface area (Å²) in [4.78, 5) is 12.2. The molecule has 6 nitrogen and oxygen atoms in total. The highest BCUT2D eigenvalue weighted by molar-refractivity contribution is 7.91. The van der Waals surface area contributed by atoms with Gasteiger partial charge in [0.1, 0.15) is 5.78 Å². The molecule has 1 saturated carbocycles. The smallest absolute Gasteiger partial charge is 0.243 e. The second kappa shape index (κ2) is 8.07. The molecule has 0 N–H and O–H groups in total. The minimum Gasteiger partial charge on any atom is -0.299 e. The molecule has 1 aliphatic carbocycles. The van der Waals surface area contributed by atoms with Crippen molar-refractivity contribution in [2.45, 2.75) is 52.8 Å². The van der Waals surface area contributed by atoms with Crippen LogP contribution in [0.5, 0.6) is 0 Å². The number of hydrogen-bond acceptors (Lipinski definition) is 5. The number of Topliss-reactive ketones (excluding diaryl/α,β-unsaturated/α-hetero) is 1. The minimum absolute atomic E-state index is 0.0392. The molecule has 30 heavy (non-hydrogen) atoms. The van der Waals surface area contributed by atoms with Crippen LogP contribution in [0, 0.1) is 5.92 Å². The standard InChI is InChI=1S/C21H22ClNO5S2/c22-15-8-10-16(11-9-15)29(25,26)17-4-3-5-18(14-17)30(27,28)23-13-12-21(24)19-6-1-2-7-20(19)23/h3-5,8-11,14,19-20H,1-2,6-7,12-13H2. The first kappa shape index (κ1) is 21.5. The van der Waals surface area contributed by atoms with Crippen LogP contribution in [0.4, 0.5) is 0 Å². The molecule has 1 heterocycles. The van der Waals surface area contributed by atoms with Crippen LogP contribution in [0.2, 0.25) is 5.02 Å². The number of halogens is 1. The Labute approximate surface area is 181 Å². The molecule has 2 aromatic carbocycles. The number of hydrogen-bond donors (Lipinski definition) is 0. The molecule has 2 unspecified atom stereocenters. The van der Waals surface area contributed by atoms with Gasteiger partial charge in [0.05, 0.1) is 14.7 Å². The zero-order valence-electron chi connectivity index (χ0n) is 16.2. The molecule has 0 radical (unpaired) electrons. The summed E-state index contributed by atoms with van der Waals surface area (Å²) in [6, 6.07) is 10.8. The highest BCUT2D eigenvalue weighted by atomic mass is 35.5. The van der Waals surface area contributed by atoms with Gasteiger partial charge in [0.15, 0.2) is 0 Å². The fourth-order valence-corrected chi connectivity index (χ4v) is 7.63. The van der Waals surface area contributed by atoms with Crippen molar-refractivity contribution in [2.75, 3.05) is 6.54 Å². The minimum atomic E-state index is -3.93. The molecule has 0 amide bonds. The monoisotopic (exact) mass is 467 g/mol. The van der Waals surface area contributed by atoms with E-state index in [0.717, 1.165) is 12.8 Å². The lowest BCUT2D eigenvalue weighted by atomic mass is 9.79. The summed E-state index contributed by atoms with van der Waals surface area (Å²) in [5.41, 5.74) is 0. The van der Waals surface area contributed by atoms with Gasteiger partial charge in [-0.25, -0.2) is 16.8 Å². The third kappa shape index (κ3) is 3.82. The van der Waals surface area contributed by atoms with Crippen LogP contribution in [-0.4, -0.2) is 39.5 Å². The molecular weight excluding hydrogens is 446 g/mol. The molecule has 0 aromatic heterocycles. The van der Waals surface area contributed by atoms with Gasteiger partial charge >= 0.3 is 0 Å². The van der Waals surface area contributed by atoms with Crippen molar-refractivity contribution in [3.05, 3.63) is 53.6 Å². The van der Waals surface area contributed by atoms with Crippen molar-refractivity contribution < 1.29 is 21.6 Å². The first-order valence-corrected chi connectivity index (χ1v) is 13.2. The second-order valence-electron chi connectivity index (χ2n) is 7.72. The van der Waals surface area contributed by atoms with Gasteiger partial charge in [0.25, 0.3) is 0 Å². The highest BCUT2D eigenvalue weighted by Gasteiger charge is 2.44. The third-order valence-corrected chi connectivity index (χ3v) is 9.88. The molecule has 2 aromatic rings. The van der Waals surface area contributed by atoms with Crippen LogP contribution in [0.1, 0.15) is 32.1 Å². The lowest BCUT2D eigenvalue weighted by molar-refractivity contribution is -0.128. The van der Waals surface area contributed by atoms with Gasteiger partial charge in [-0.05, 0) is 55.3 Å². The molecule has 2 fully saturated rings. The molecule has 0 spiro atoms. The van der Waals surface area contributed by atoms with E-state index in [0.29, 0.717) is 17.9 Å². The topological polar surface area (TPSA) is 88.6 Å². The van der Waals surface area contributed by atoms with E-state index in [9.17, 15) is 21.6 Å². The fourth-order valence-electron chi connectivity index (χ4n) is 4.39. The number of sulfone groups is 1. The summed E-state index contributed by atoms with van der Waals surface area (Å²) in [5, 5.41) is 0.409. The van der Waals surface area contributed by atoms with E-state index >= 15 is 0 Å². The van der Waals surface area contributed by atoms with Crippen molar-refractivity contribution in [3.63, 3.8) is 0 Å². The number of nitrogens with zero attached hydrogens (tertiary/aromatic N) is 1. The Morgan fingerprint density at radius 3 is 2.27 bits per heavy atom. The summed E-state index contributed by atoms with van der Waals surface area (Å²) >= 11 is 5.84. The van der Waals surface area contributed by atoms with E-state index in [4.69, 9.17) is 11.6 Å². The quantitative estimate of drug-likeness (QED) is 0.684. The Bertz CT molecular complexity index is 1180. The SMILES string of the molecule is O=C1CCN(S(=O)(=O)c2cccc(S(=O)(=O)c3ccc(Cl)cc3)c2)C2CCCCC12. The average Bonchev–Trinajstić information content (AvgIpc) is 2.74. The van der Waals surface area contributed by atoms with Gasteiger partial charge in [0, 0.05) is 29.9 Å². The van der Waals surface area contributed by atoms with Gasteiger partial charge in [0.2, 0.25) is 19.9 Å². The Morgan fingerprint density at radius 1 is 0.867 bits per heavy atom. The van der Waals surface area contributed by atoms with Gasteiger partial charge in [-0.15, -0.1) is 0 Å². The largest absolute Gasteiger partial charge is 0.299 e. The summed E-state index contributed by atoms with van der Waals surface area (Å²) in [5.74, 6) is -0.131. The number of ketones is 1. The molecule has 4 rings (SSSR count). The first-order valence-electron chi connectivity index (χ1n) is 9.86. The Balaban J connectivity index is 1.71. The van der Waals surface area contributed by atoms with Gasteiger partial charge in [-0.3, -0.25) is 4.79 Å². The molecule has 1 aliphatic heterocycles. The van der Waals surface area contributed by atoms with E-state index in [-0.39, 0.29) is 45.4 Å². The van der Waals surface area contributed by atoms with Crippen molar-refractivity contribution >= 4 is 37.2 Å². The van der Waals surface area contributed by atoms with E-state index < -0.39 is 19.9 Å². The Morgan fingerprint density at radius 2 is 1.53 bits per heavy atom. The van der Waals surface area contributed by atoms with Crippen LogP contribution in [0.3, 0.4) is 0 Å². The van der Waals surface area contributed by atoms with Crippen LogP contribution in [0.25, 0.3) is 0 Å². The highest BCUT2D eigenvalue weighted by Crippen LogP contribution is 2.37. The van der Waals surface area contributed by atoms with Crippen LogP contribution < -0.4 is 0 Å². The molecule has 2 aliphatic rings. The maximum absolute atomic E-state index is 13.4. The predicted molar refractivity (Wildman–Crippen MR) is 113 cm³/mol. The van der Waals surface area contributed by atoms with Crippen molar-refractivity contribution in [1.82, 2.24) is 4.31 Å². The lowest BCUT2D eigenvalue weighted by Gasteiger charge is -2.42. The summed E-state index contributed by atoms with van der Waals surface area (Å²) in [6.45, 7) is 0.135. The van der Waals surface area contributed by atoms with Crippen LogP contribution in [-0.2, 0) is 24.7 Å². The van der Waals surface area contributed by atoms with E-state index in [1.54, 1.807) is 0 Å². The third-order valence-electron chi connectivity index (χ3n) is 5.94. The first-order chi connectivity index (χ1) is 14.2. The zero-order chi connectivity index (χ0) is 21.5. The van der Waals surface area contributed by atoms with Gasteiger partial charge in [-0.1, -0.05) is 30.5 Å². The molecular formula is C21H22ClNO5S2. The average molecular weight is 468 g/mol. The maximum Gasteiger partial charge on any atom is 0.243 e. The number of carbonyl (C=O) groups excluding carboxylic acids is 1. The Kier molecular flexibility index (Phi) is 5.78. The van der Waals surface area contributed by atoms with Crippen LogP contribution >= 0.6 is 11.6 Å².